The van der Waals surface area contributed by atoms with E-state index in [4.69, 9.17) is 4.74 Å². The fraction of sp³-hybridized carbons (Fsp3) is 0.471. The second-order valence-electron chi connectivity index (χ2n) is 5.72. The summed E-state index contributed by atoms with van der Waals surface area (Å²) in [6.45, 7) is 3.12. The van der Waals surface area contributed by atoms with Crippen LogP contribution in [0.4, 0.5) is 5.82 Å². The maximum Gasteiger partial charge on any atom is 0.207 e. The lowest BCUT2D eigenvalue weighted by atomic mass is 10.00. The SMILES string of the molecule is CCC1CCCCN1c1nn(-c2ccc(OC)cc2)nc1C#N. The van der Waals surface area contributed by atoms with Crippen LogP contribution < -0.4 is 9.64 Å². The molecule has 1 saturated heterocycles. The van der Waals surface area contributed by atoms with E-state index in [0.717, 1.165) is 37.2 Å². The van der Waals surface area contributed by atoms with Gasteiger partial charge in [0.1, 0.15) is 11.8 Å². The highest BCUT2D eigenvalue weighted by Gasteiger charge is 2.26. The predicted molar refractivity (Wildman–Crippen MR) is 87.9 cm³/mol. The normalized spacial score (nSPS) is 17.8. The van der Waals surface area contributed by atoms with Gasteiger partial charge < -0.3 is 9.64 Å². The van der Waals surface area contributed by atoms with E-state index in [2.05, 4.69) is 28.1 Å². The van der Waals surface area contributed by atoms with E-state index in [-0.39, 0.29) is 0 Å². The molecule has 0 aliphatic carbocycles. The first kappa shape index (κ1) is 15.3. The standard InChI is InChI=1S/C17H21N5O/c1-3-13-6-4-5-11-21(13)17-16(12-18)19-22(20-17)14-7-9-15(23-2)10-8-14/h7-10,13H,3-6,11H2,1-2H3. The van der Waals surface area contributed by atoms with E-state index in [0.29, 0.717) is 17.6 Å². The van der Waals surface area contributed by atoms with E-state index in [1.165, 1.54) is 11.2 Å². The van der Waals surface area contributed by atoms with Gasteiger partial charge >= 0.3 is 0 Å². The Kier molecular flexibility index (Phi) is 4.47. The average Bonchev–Trinajstić information content (AvgIpc) is 3.06. The Morgan fingerprint density at radius 3 is 2.70 bits per heavy atom. The Balaban J connectivity index is 1.95. The van der Waals surface area contributed by atoms with Crippen LogP contribution in [0.25, 0.3) is 5.69 Å². The maximum absolute atomic E-state index is 9.44. The van der Waals surface area contributed by atoms with E-state index >= 15 is 0 Å². The van der Waals surface area contributed by atoms with Crippen molar-refractivity contribution < 1.29 is 4.74 Å². The van der Waals surface area contributed by atoms with Crippen LogP contribution >= 0.6 is 0 Å². The van der Waals surface area contributed by atoms with Crippen LogP contribution in [-0.4, -0.2) is 34.7 Å². The number of nitriles is 1. The molecule has 1 aliphatic heterocycles. The second kappa shape index (κ2) is 6.69. The van der Waals surface area contributed by atoms with Gasteiger partial charge in [0.05, 0.1) is 12.8 Å². The molecule has 6 heteroatoms. The van der Waals surface area contributed by atoms with Crippen LogP contribution in [0.5, 0.6) is 5.75 Å². The lowest BCUT2D eigenvalue weighted by Crippen LogP contribution is -2.39. The molecule has 1 fully saturated rings. The van der Waals surface area contributed by atoms with Crippen molar-refractivity contribution in [1.29, 1.82) is 5.26 Å². The molecule has 0 radical (unpaired) electrons. The highest BCUT2D eigenvalue weighted by Crippen LogP contribution is 2.27. The molecule has 0 amide bonds. The summed E-state index contributed by atoms with van der Waals surface area (Å²) in [5.74, 6) is 1.48. The van der Waals surface area contributed by atoms with E-state index in [1.807, 2.05) is 24.3 Å². The smallest absolute Gasteiger partial charge is 0.207 e. The van der Waals surface area contributed by atoms with Gasteiger partial charge in [-0.15, -0.1) is 15.0 Å². The Labute approximate surface area is 136 Å². The molecule has 3 rings (SSSR count). The van der Waals surface area contributed by atoms with Gasteiger partial charge in [-0.3, -0.25) is 0 Å². The average molecular weight is 311 g/mol. The summed E-state index contributed by atoms with van der Waals surface area (Å²) >= 11 is 0. The third-order valence-corrected chi connectivity index (χ3v) is 4.38. The van der Waals surface area contributed by atoms with Gasteiger partial charge in [0.15, 0.2) is 5.82 Å². The molecule has 1 aromatic heterocycles. The predicted octanol–water partition coefficient (Wildman–Crippen LogP) is 2.92. The topological polar surface area (TPSA) is 67.0 Å². The van der Waals surface area contributed by atoms with Gasteiger partial charge in [0, 0.05) is 12.6 Å². The number of anilines is 1. The molecule has 0 spiro atoms. The molecule has 0 saturated carbocycles. The molecule has 1 atom stereocenters. The van der Waals surface area contributed by atoms with Crippen LogP contribution in [0.15, 0.2) is 24.3 Å². The molecule has 0 N–H and O–H groups in total. The third kappa shape index (κ3) is 3.00. The number of benzene rings is 1. The van der Waals surface area contributed by atoms with Crippen molar-refractivity contribution in [2.75, 3.05) is 18.6 Å². The van der Waals surface area contributed by atoms with E-state index in [1.54, 1.807) is 7.11 Å². The summed E-state index contributed by atoms with van der Waals surface area (Å²) in [6.07, 6.45) is 4.58. The van der Waals surface area contributed by atoms with Crippen molar-refractivity contribution >= 4 is 5.82 Å². The lowest BCUT2D eigenvalue weighted by Gasteiger charge is -2.35. The number of ether oxygens (including phenoxy) is 1. The summed E-state index contributed by atoms with van der Waals surface area (Å²) in [6, 6.07) is 10.1. The first-order valence-electron chi connectivity index (χ1n) is 8.05. The number of nitrogens with zero attached hydrogens (tertiary/aromatic N) is 5. The maximum atomic E-state index is 9.44. The summed E-state index contributed by atoms with van der Waals surface area (Å²) in [5.41, 5.74) is 1.21. The van der Waals surface area contributed by atoms with Crippen molar-refractivity contribution in [3.05, 3.63) is 30.0 Å². The van der Waals surface area contributed by atoms with Crippen molar-refractivity contribution in [2.45, 2.75) is 38.6 Å². The number of methoxy groups -OCH3 is 1. The monoisotopic (exact) mass is 311 g/mol. The molecule has 6 nitrogen and oxygen atoms in total. The lowest BCUT2D eigenvalue weighted by molar-refractivity contribution is 0.414. The highest BCUT2D eigenvalue weighted by molar-refractivity contribution is 5.51. The molecule has 1 aliphatic rings. The van der Waals surface area contributed by atoms with Crippen LogP contribution in [0.1, 0.15) is 38.3 Å². The first-order chi connectivity index (χ1) is 11.3. The molecule has 2 aromatic rings. The van der Waals surface area contributed by atoms with Gasteiger partial charge in [0.2, 0.25) is 5.69 Å². The van der Waals surface area contributed by atoms with Gasteiger partial charge in [-0.2, -0.15) is 5.26 Å². The molecule has 1 aromatic carbocycles. The fourth-order valence-corrected chi connectivity index (χ4v) is 3.10. The minimum absolute atomic E-state index is 0.390. The quantitative estimate of drug-likeness (QED) is 0.868. The zero-order valence-corrected chi connectivity index (χ0v) is 13.6. The third-order valence-electron chi connectivity index (χ3n) is 4.38. The number of aromatic nitrogens is 3. The number of hydrogen-bond acceptors (Lipinski definition) is 5. The minimum Gasteiger partial charge on any atom is -0.497 e. The largest absolute Gasteiger partial charge is 0.497 e. The van der Waals surface area contributed by atoms with E-state index in [9.17, 15) is 5.26 Å². The molecular formula is C17H21N5O. The molecule has 1 unspecified atom stereocenters. The van der Waals surface area contributed by atoms with Crippen LogP contribution in [-0.2, 0) is 0 Å². The molecule has 120 valence electrons. The van der Waals surface area contributed by atoms with Gasteiger partial charge in [-0.25, -0.2) is 0 Å². The first-order valence-corrected chi connectivity index (χ1v) is 8.05. The molecule has 2 heterocycles. The van der Waals surface area contributed by atoms with Gasteiger partial charge in [-0.05, 0) is 49.9 Å². The number of piperidine rings is 1. The highest BCUT2D eigenvalue weighted by atomic mass is 16.5. The molecular weight excluding hydrogens is 290 g/mol. The zero-order valence-electron chi connectivity index (χ0n) is 13.6. The molecule has 0 bridgehead atoms. The zero-order chi connectivity index (χ0) is 16.2. The Bertz CT molecular complexity index is 701. The number of rotatable bonds is 4. The Morgan fingerprint density at radius 2 is 2.04 bits per heavy atom. The Morgan fingerprint density at radius 1 is 1.26 bits per heavy atom. The number of hydrogen-bond donors (Lipinski definition) is 0. The van der Waals surface area contributed by atoms with E-state index < -0.39 is 0 Å². The van der Waals surface area contributed by atoms with Crippen LogP contribution in [0, 0.1) is 11.3 Å². The van der Waals surface area contributed by atoms with Crippen LogP contribution in [0.3, 0.4) is 0 Å². The fourth-order valence-electron chi connectivity index (χ4n) is 3.10. The summed E-state index contributed by atoms with van der Waals surface area (Å²) in [5, 5.41) is 18.4. The second-order valence-corrected chi connectivity index (χ2v) is 5.72. The van der Waals surface area contributed by atoms with Crippen molar-refractivity contribution in [3.8, 4) is 17.5 Å². The van der Waals surface area contributed by atoms with Gasteiger partial charge in [-0.1, -0.05) is 6.92 Å². The van der Waals surface area contributed by atoms with Crippen molar-refractivity contribution in [1.82, 2.24) is 15.0 Å². The Hall–Kier alpha value is -2.55. The summed E-state index contributed by atoms with van der Waals surface area (Å²) < 4.78 is 5.17. The summed E-state index contributed by atoms with van der Waals surface area (Å²) in [4.78, 5) is 3.78. The summed E-state index contributed by atoms with van der Waals surface area (Å²) in [7, 11) is 1.63. The van der Waals surface area contributed by atoms with Crippen molar-refractivity contribution in [2.24, 2.45) is 0 Å². The van der Waals surface area contributed by atoms with Crippen molar-refractivity contribution in [3.63, 3.8) is 0 Å². The van der Waals surface area contributed by atoms with Crippen LogP contribution in [0.2, 0.25) is 0 Å². The minimum atomic E-state index is 0.390. The molecule has 23 heavy (non-hydrogen) atoms. The van der Waals surface area contributed by atoms with Gasteiger partial charge in [0.25, 0.3) is 0 Å².